The van der Waals surface area contributed by atoms with Crippen LogP contribution in [-0.4, -0.2) is 32.7 Å². The second-order valence-corrected chi connectivity index (χ2v) is 8.15. The normalized spacial score (nSPS) is 12.9. The molecular formula is C17H19ClN2O3S. The zero-order valence-electron chi connectivity index (χ0n) is 13.7. The van der Waals surface area contributed by atoms with Crippen molar-refractivity contribution in [2.24, 2.45) is 0 Å². The van der Waals surface area contributed by atoms with E-state index in [9.17, 15) is 13.2 Å². The molecule has 2 aromatic rings. The van der Waals surface area contributed by atoms with Crippen molar-refractivity contribution in [3.05, 3.63) is 64.7 Å². The van der Waals surface area contributed by atoms with Gasteiger partial charge < -0.3 is 5.32 Å². The maximum absolute atomic E-state index is 12.2. The van der Waals surface area contributed by atoms with Gasteiger partial charge in [-0.15, -0.1) is 0 Å². The summed E-state index contributed by atoms with van der Waals surface area (Å²) in [6.45, 7) is 1.84. The minimum atomic E-state index is -3.46. The fourth-order valence-corrected chi connectivity index (χ4v) is 3.13. The van der Waals surface area contributed by atoms with E-state index in [4.69, 9.17) is 11.6 Å². The van der Waals surface area contributed by atoms with Crippen molar-refractivity contribution >= 4 is 27.5 Å². The summed E-state index contributed by atoms with van der Waals surface area (Å²) in [5.74, 6) is -0.218. The van der Waals surface area contributed by atoms with Crippen molar-refractivity contribution < 1.29 is 13.2 Å². The second-order valence-electron chi connectivity index (χ2n) is 5.56. The summed E-state index contributed by atoms with van der Waals surface area (Å²) in [5.41, 5.74) is 1.33. The van der Waals surface area contributed by atoms with Gasteiger partial charge in [0, 0.05) is 24.7 Å². The number of carbonyl (C=O) groups excluding carboxylic acids is 1. The van der Waals surface area contributed by atoms with Gasteiger partial charge in [0.05, 0.1) is 10.9 Å². The van der Waals surface area contributed by atoms with Gasteiger partial charge in [-0.25, -0.2) is 12.7 Å². The molecule has 0 saturated heterocycles. The van der Waals surface area contributed by atoms with Crippen LogP contribution < -0.4 is 5.32 Å². The summed E-state index contributed by atoms with van der Waals surface area (Å²) in [5, 5.41) is 3.44. The van der Waals surface area contributed by atoms with Gasteiger partial charge in [-0.05, 0) is 48.9 Å². The number of sulfonamides is 1. The fraction of sp³-hybridized carbons (Fsp3) is 0.235. The second kappa shape index (κ2) is 7.34. The Hall–Kier alpha value is -1.89. The van der Waals surface area contributed by atoms with Gasteiger partial charge >= 0.3 is 0 Å². The van der Waals surface area contributed by atoms with Crippen LogP contribution in [0.4, 0.5) is 0 Å². The van der Waals surface area contributed by atoms with Crippen molar-refractivity contribution in [3.63, 3.8) is 0 Å². The number of rotatable bonds is 5. The lowest BCUT2D eigenvalue weighted by Crippen LogP contribution is -2.26. The Kier molecular flexibility index (Phi) is 5.64. The van der Waals surface area contributed by atoms with Crippen LogP contribution in [0.15, 0.2) is 53.4 Å². The summed E-state index contributed by atoms with van der Waals surface area (Å²) < 4.78 is 25.3. The van der Waals surface area contributed by atoms with Crippen LogP contribution in [0.2, 0.25) is 5.02 Å². The number of amides is 1. The maximum Gasteiger partial charge on any atom is 0.251 e. The number of nitrogens with zero attached hydrogens (tertiary/aromatic N) is 1. The molecule has 1 atom stereocenters. The summed E-state index contributed by atoms with van der Waals surface area (Å²) in [6, 6.07) is 12.8. The van der Waals surface area contributed by atoms with Gasteiger partial charge in [-0.3, -0.25) is 4.79 Å². The predicted octanol–water partition coefficient (Wildman–Crippen LogP) is 3.08. The highest BCUT2D eigenvalue weighted by atomic mass is 35.5. The van der Waals surface area contributed by atoms with Crippen molar-refractivity contribution in [1.29, 1.82) is 0 Å². The van der Waals surface area contributed by atoms with Crippen LogP contribution in [0, 0.1) is 0 Å². The lowest BCUT2D eigenvalue weighted by Gasteiger charge is -2.16. The van der Waals surface area contributed by atoms with E-state index in [1.807, 2.05) is 6.92 Å². The Morgan fingerprint density at radius 2 is 1.58 bits per heavy atom. The van der Waals surface area contributed by atoms with Gasteiger partial charge in [0.1, 0.15) is 0 Å². The molecule has 7 heteroatoms. The van der Waals surface area contributed by atoms with Gasteiger partial charge in [0.25, 0.3) is 5.91 Å². The number of nitrogens with one attached hydrogen (secondary N) is 1. The number of halogens is 1. The van der Waals surface area contributed by atoms with E-state index >= 15 is 0 Å². The van der Waals surface area contributed by atoms with E-state index in [2.05, 4.69) is 5.32 Å². The van der Waals surface area contributed by atoms with Gasteiger partial charge in [0.15, 0.2) is 0 Å². The first-order valence-electron chi connectivity index (χ1n) is 7.31. The number of hydrogen-bond donors (Lipinski definition) is 1. The van der Waals surface area contributed by atoms with E-state index in [0.717, 1.165) is 9.87 Å². The standard InChI is InChI=1S/C17H19ClN2O3S/c1-12(19-17(21)14-4-8-15(18)9-5-14)13-6-10-16(11-7-13)24(22,23)20(2)3/h4-12H,1-3H3,(H,19,21). The average Bonchev–Trinajstić information content (AvgIpc) is 2.55. The Morgan fingerprint density at radius 1 is 1.04 bits per heavy atom. The fourth-order valence-electron chi connectivity index (χ4n) is 2.10. The van der Waals surface area contributed by atoms with E-state index in [1.54, 1.807) is 36.4 Å². The summed E-state index contributed by atoms with van der Waals surface area (Å²) in [4.78, 5) is 12.4. The molecule has 2 rings (SSSR count). The molecule has 0 bridgehead atoms. The summed E-state index contributed by atoms with van der Waals surface area (Å²) >= 11 is 5.81. The van der Waals surface area contributed by atoms with Crippen molar-refractivity contribution in [1.82, 2.24) is 9.62 Å². The molecule has 2 aromatic carbocycles. The first-order chi connectivity index (χ1) is 11.2. The first-order valence-corrected chi connectivity index (χ1v) is 9.12. The van der Waals surface area contributed by atoms with Crippen molar-refractivity contribution in [2.45, 2.75) is 17.9 Å². The molecule has 0 fully saturated rings. The first kappa shape index (κ1) is 18.4. The summed E-state index contributed by atoms with van der Waals surface area (Å²) in [6.07, 6.45) is 0. The Morgan fingerprint density at radius 3 is 2.08 bits per heavy atom. The average molecular weight is 367 g/mol. The Bertz CT molecular complexity index is 816. The largest absolute Gasteiger partial charge is 0.346 e. The molecule has 0 aliphatic carbocycles. The van der Waals surface area contributed by atoms with Crippen LogP contribution in [0.1, 0.15) is 28.9 Å². The monoisotopic (exact) mass is 366 g/mol. The molecule has 0 aliphatic heterocycles. The zero-order valence-corrected chi connectivity index (χ0v) is 15.2. The molecule has 5 nitrogen and oxygen atoms in total. The molecule has 1 unspecified atom stereocenters. The van der Waals surface area contributed by atoms with Crippen molar-refractivity contribution in [3.8, 4) is 0 Å². The summed E-state index contributed by atoms with van der Waals surface area (Å²) in [7, 11) is -0.487. The quantitative estimate of drug-likeness (QED) is 0.884. The minimum absolute atomic E-state index is 0.215. The van der Waals surface area contributed by atoms with Gasteiger partial charge in [-0.2, -0.15) is 0 Å². The topological polar surface area (TPSA) is 66.5 Å². The van der Waals surface area contributed by atoms with Crippen LogP contribution in [0.25, 0.3) is 0 Å². The molecule has 128 valence electrons. The predicted molar refractivity (Wildman–Crippen MR) is 94.6 cm³/mol. The molecule has 0 heterocycles. The SMILES string of the molecule is CC(NC(=O)c1ccc(Cl)cc1)c1ccc(S(=O)(=O)N(C)C)cc1. The van der Waals surface area contributed by atoms with E-state index < -0.39 is 10.0 Å². The molecule has 0 saturated carbocycles. The molecule has 24 heavy (non-hydrogen) atoms. The molecule has 0 radical (unpaired) electrons. The van der Waals surface area contributed by atoms with Crippen LogP contribution in [0.5, 0.6) is 0 Å². The molecule has 0 aliphatic rings. The van der Waals surface area contributed by atoms with Crippen LogP contribution >= 0.6 is 11.6 Å². The molecular weight excluding hydrogens is 348 g/mol. The lowest BCUT2D eigenvalue weighted by molar-refractivity contribution is 0.0940. The van der Waals surface area contributed by atoms with Crippen molar-refractivity contribution in [2.75, 3.05) is 14.1 Å². The van der Waals surface area contributed by atoms with E-state index in [-0.39, 0.29) is 16.8 Å². The lowest BCUT2D eigenvalue weighted by atomic mass is 10.1. The number of carbonyl (C=O) groups is 1. The minimum Gasteiger partial charge on any atom is -0.346 e. The third-order valence-corrected chi connectivity index (χ3v) is 5.69. The highest BCUT2D eigenvalue weighted by molar-refractivity contribution is 7.89. The third-order valence-electron chi connectivity index (χ3n) is 3.61. The Balaban J connectivity index is 2.11. The zero-order chi connectivity index (χ0) is 17.9. The number of benzene rings is 2. The molecule has 0 spiro atoms. The van der Waals surface area contributed by atoms with E-state index in [1.165, 1.54) is 26.2 Å². The molecule has 1 amide bonds. The smallest absolute Gasteiger partial charge is 0.251 e. The van der Waals surface area contributed by atoms with Crippen LogP contribution in [0.3, 0.4) is 0 Å². The highest BCUT2D eigenvalue weighted by Crippen LogP contribution is 2.19. The molecule has 1 N–H and O–H groups in total. The third kappa shape index (κ3) is 4.14. The van der Waals surface area contributed by atoms with Crippen LogP contribution in [-0.2, 0) is 10.0 Å². The maximum atomic E-state index is 12.2. The van der Waals surface area contributed by atoms with Gasteiger partial charge in [-0.1, -0.05) is 23.7 Å². The number of hydrogen-bond acceptors (Lipinski definition) is 3. The van der Waals surface area contributed by atoms with E-state index in [0.29, 0.717) is 10.6 Å². The van der Waals surface area contributed by atoms with Gasteiger partial charge in [0.2, 0.25) is 10.0 Å². The highest BCUT2D eigenvalue weighted by Gasteiger charge is 2.18. The molecule has 0 aromatic heterocycles. The Labute approximate surface area is 147 Å².